The molecule has 2 aromatic rings. The fourth-order valence-electron chi connectivity index (χ4n) is 2.40. The van der Waals surface area contributed by atoms with E-state index in [1.54, 1.807) is 6.20 Å². The smallest absolute Gasteiger partial charge is 0.480 e. The average Bonchev–Trinajstić information content (AvgIpc) is 2.95. The number of amides is 1. The molecule has 2 atom stereocenters. The number of fused-ring (bicyclic) bond motifs is 1. The van der Waals surface area contributed by atoms with Crippen molar-refractivity contribution in [3.8, 4) is 0 Å². The standard InChI is InChI=1S/C16H19N3O5.Na/c17-11(15(21)22)5-6-14(20)19-13(16(23)24)7-9-8-18-12-4-2-1-3-10(9)12;/h1-4,8,11,13,18H,5-7,17H2,(H,19,20)(H,21,22)(H,23,24);/q;+1/t11-,13-;/m1./s1. The van der Waals surface area contributed by atoms with E-state index in [2.05, 4.69) is 10.3 Å². The molecule has 1 aromatic heterocycles. The van der Waals surface area contributed by atoms with Crippen LogP contribution in [0.25, 0.3) is 10.9 Å². The second-order valence-corrected chi connectivity index (χ2v) is 5.51. The summed E-state index contributed by atoms with van der Waals surface area (Å²) in [7, 11) is 0. The molecule has 6 N–H and O–H groups in total. The summed E-state index contributed by atoms with van der Waals surface area (Å²) in [6.45, 7) is 0. The molecule has 128 valence electrons. The molecule has 0 aliphatic rings. The summed E-state index contributed by atoms with van der Waals surface area (Å²) in [5.41, 5.74) is 6.99. The Labute approximate surface area is 166 Å². The third-order valence-corrected chi connectivity index (χ3v) is 3.73. The normalized spacial score (nSPS) is 12.8. The van der Waals surface area contributed by atoms with E-state index in [4.69, 9.17) is 10.8 Å². The minimum Gasteiger partial charge on any atom is -0.480 e. The van der Waals surface area contributed by atoms with Gasteiger partial charge in [-0.25, -0.2) is 4.79 Å². The number of carboxylic acid groups (broad SMARTS) is 2. The number of carboxylic acids is 2. The summed E-state index contributed by atoms with van der Waals surface area (Å²) in [5.74, 6) is -2.90. The van der Waals surface area contributed by atoms with E-state index in [9.17, 15) is 19.5 Å². The predicted octanol–water partition coefficient (Wildman–Crippen LogP) is -2.52. The van der Waals surface area contributed by atoms with Gasteiger partial charge in [0.25, 0.3) is 0 Å². The summed E-state index contributed by atoms with van der Waals surface area (Å²) in [6.07, 6.45) is 1.63. The van der Waals surface area contributed by atoms with Gasteiger partial charge in [-0.15, -0.1) is 0 Å². The van der Waals surface area contributed by atoms with Crippen molar-refractivity contribution in [2.45, 2.75) is 31.3 Å². The van der Waals surface area contributed by atoms with Gasteiger partial charge in [-0.3, -0.25) is 9.59 Å². The van der Waals surface area contributed by atoms with E-state index in [0.717, 1.165) is 16.5 Å². The van der Waals surface area contributed by atoms with Gasteiger partial charge in [-0.1, -0.05) is 18.2 Å². The number of carbonyl (C=O) groups excluding carboxylic acids is 1. The SMILES string of the molecule is N[C@H](CCC(=O)N[C@H](Cc1c[nH]c2ccccc12)C(=O)O)C(=O)O.[Na+]. The van der Waals surface area contributed by atoms with Crippen LogP contribution in [0, 0.1) is 0 Å². The molecular formula is C16H19N3NaO5+. The van der Waals surface area contributed by atoms with Crippen molar-refractivity contribution in [3.05, 3.63) is 36.0 Å². The first-order valence-electron chi connectivity index (χ1n) is 7.44. The number of benzene rings is 1. The van der Waals surface area contributed by atoms with Gasteiger partial charge < -0.3 is 26.2 Å². The first kappa shape index (κ1) is 21.2. The molecule has 0 aliphatic heterocycles. The van der Waals surface area contributed by atoms with Crippen LogP contribution in [-0.4, -0.2) is 45.1 Å². The zero-order valence-electron chi connectivity index (χ0n) is 13.9. The minimum atomic E-state index is -1.20. The largest absolute Gasteiger partial charge is 1.00 e. The van der Waals surface area contributed by atoms with E-state index < -0.39 is 29.9 Å². The maximum atomic E-state index is 11.8. The Morgan fingerprint density at radius 2 is 1.84 bits per heavy atom. The average molecular weight is 356 g/mol. The minimum absolute atomic E-state index is 0. The molecule has 0 bridgehead atoms. The summed E-state index contributed by atoms with van der Waals surface area (Å²) in [6, 6.07) is 5.21. The number of carbonyl (C=O) groups is 3. The van der Waals surface area contributed by atoms with Crippen molar-refractivity contribution in [1.82, 2.24) is 10.3 Å². The molecule has 1 aromatic carbocycles. The van der Waals surface area contributed by atoms with Crippen molar-refractivity contribution >= 4 is 28.7 Å². The van der Waals surface area contributed by atoms with Gasteiger partial charge in [0.1, 0.15) is 12.1 Å². The van der Waals surface area contributed by atoms with Gasteiger partial charge in [0.05, 0.1) is 0 Å². The molecule has 1 amide bonds. The topological polar surface area (TPSA) is 146 Å². The van der Waals surface area contributed by atoms with Crippen molar-refractivity contribution in [2.75, 3.05) is 0 Å². The van der Waals surface area contributed by atoms with Gasteiger partial charge in [0, 0.05) is 29.9 Å². The maximum Gasteiger partial charge on any atom is 1.00 e. The van der Waals surface area contributed by atoms with Crippen molar-refractivity contribution in [1.29, 1.82) is 0 Å². The van der Waals surface area contributed by atoms with Crippen LogP contribution in [0.5, 0.6) is 0 Å². The Bertz CT molecular complexity index is 761. The van der Waals surface area contributed by atoms with Gasteiger partial charge in [0.2, 0.25) is 5.91 Å². The van der Waals surface area contributed by atoms with Crippen molar-refractivity contribution in [3.63, 3.8) is 0 Å². The quantitative estimate of drug-likeness (QED) is 0.330. The van der Waals surface area contributed by atoms with E-state index in [1.807, 2.05) is 24.3 Å². The summed E-state index contributed by atoms with van der Waals surface area (Å²) in [4.78, 5) is 36.9. The number of H-pyrrole nitrogens is 1. The molecule has 0 spiro atoms. The fourth-order valence-corrected chi connectivity index (χ4v) is 2.40. The van der Waals surface area contributed by atoms with Crippen LogP contribution >= 0.6 is 0 Å². The van der Waals surface area contributed by atoms with Crippen LogP contribution in [0.15, 0.2) is 30.5 Å². The monoisotopic (exact) mass is 356 g/mol. The van der Waals surface area contributed by atoms with Gasteiger partial charge in [0.15, 0.2) is 0 Å². The summed E-state index contributed by atoms with van der Waals surface area (Å²) in [5, 5.41) is 21.3. The Kier molecular flexibility index (Phi) is 8.11. The molecule has 0 fully saturated rings. The number of aromatic amines is 1. The molecule has 1 heterocycles. The second kappa shape index (κ2) is 9.57. The molecule has 0 unspecified atom stereocenters. The number of aliphatic carboxylic acids is 2. The molecule has 0 saturated carbocycles. The first-order valence-corrected chi connectivity index (χ1v) is 7.44. The molecule has 9 heteroatoms. The number of aromatic nitrogens is 1. The molecule has 8 nitrogen and oxygen atoms in total. The van der Waals surface area contributed by atoms with Crippen LogP contribution in [0.1, 0.15) is 18.4 Å². The third kappa shape index (κ3) is 5.86. The zero-order chi connectivity index (χ0) is 17.7. The van der Waals surface area contributed by atoms with E-state index in [-0.39, 0.29) is 48.8 Å². The molecule has 0 radical (unpaired) electrons. The van der Waals surface area contributed by atoms with Crippen LogP contribution in [0.4, 0.5) is 0 Å². The van der Waals surface area contributed by atoms with Gasteiger partial charge in [-0.2, -0.15) is 0 Å². The fraction of sp³-hybridized carbons (Fsp3) is 0.312. The second-order valence-electron chi connectivity index (χ2n) is 5.51. The van der Waals surface area contributed by atoms with Gasteiger partial charge >= 0.3 is 41.5 Å². The number of nitrogens with one attached hydrogen (secondary N) is 2. The Hall–Kier alpha value is -1.87. The van der Waals surface area contributed by atoms with E-state index >= 15 is 0 Å². The molecule has 2 rings (SSSR count). The van der Waals surface area contributed by atoms with Crippen LogP contribution < -0.4 is 40.6 Å². The molecular weight excluding hydrogens is 337 g/mol. The third-order valence-electron chi connectivity index (χ3n) is 3.73. The Balaban J connectivity index is 0.00000312. The number of rotatable bonds is 8. The Morgan fingerprint density at radius 1 is 1.16 bits per heavy atom. The predicted molar refractivity (Wildman–Crippen MR) is 86.4 cm³/mol. The van der Waals surface area contributed by atoms with Crippen molar-refractivity contribution in [2.24, 2.45) is 5.73 Å². The Morgan fingerprint density at radius 3 is 2.48 bits per heavy atom. The molecule has 0 saturated heterocycles. The molecule has 0 aliphatic carbocycles. The number of nitrogens with two attached hydrogens (primary N) is 1. The summed E-state index contributed by atoms with van der Waals surface area (Å²) < 4.78 is 0. The number of para-hydroxylation sites is 1. The maximum absolute atomic E-state index is 11.8. The van der Waals surface area contributed by atoms with E-state index in [1.165, 1.54) is 0 Å². The van der Waals surface area contributed by atoms with Crippen LogP contribution in [-0.2, 0) is 20.8 Å². The number of hydrogen-bond donors (Lipinski definition) is 5. The summed E-state index contributed by atoms with van der Waals surface area (Å²) >= 11 is 0. The van der Waals surface area contributed by atoms with Crippen molar-refractivity contribution < 1.29 is 54.2 Å². The van der Waals surface area contributed by atoms with Gasteiger partial charge in [-0.05, 0) is 18.1 Å². The number of hydrogen-bond acceptors (Lipinski definition) is 4. The van der Waals surface area contributed by atoms with Crippen LogP contribution in [0.2, 0.25) is 0 Å². The van der Waals surface area contributed by atoms with E-state index in [0.29, 0.717) is 0 Å². The molecule has 25 heavy (non-hydrogen) atoms. The van der Waals surface area contributed by atoms with Crippen LogP contribution in [0.3, 0.4) is 0 Å². The zero-order valence-corrected chi connectivity index (χ0v) is 15.9. The first-order chi connectivity index (χ1) is 11.4.